The molecule has 19 heavy (non-hydrogen) atoms. The summed E-state index contributed by atoms with van der Waals surface area (Å²) in [6.45, 7) is 0. The van der Waals surface area contributed by atoms with Gasteiger partial charge in [0.05, 0.1) is 11.5 Å². The fourth-order valence-electron chi connectivity index (χ4n) is 2.41. The fourth-order valence-corrected chi connectivity index (χ4v) is 5.08. The summed E-state index contributed by atoms with van der Waals surface area (Å²) >= 11 is 0. The summed E-state index contributed by atoms with van der Waals surface area (Å²) in [5.41, 5.74) is 0. The predicted octanol–water partition coefficient (Wildman–Crippen LogP) is 0.443. The number of sulfone groups is 1. The van der Waals surface area contributed by atoms with E-state index in [2.05, 4.69) is 10.2 Å². The maximum atomic E-state index is 11.5. The molecule has 0 N–H and O–H groups in total. The molecular weight excluding hydrogens is 314 g/mol. The molecule has 7 nitrogen and oxygen atoms in total. The van der Waals surface area contributed by atoms with Crippen molar-refractivity contribution in [2.24, 2.45) is 0 Å². The third-order valence-electron chi connectivity index (χ3n) is 3.42. The van der Waals surface area contributed by atoms with Crippen LogP contribution in [0.25, 0.3) is 0 Å². The molecule has 1 aliphatic heterocycles. The van der Waals surface area contributed by atoms with Crippen molar-refractivity contribution in [3.63, 3.8) is 0 Å². The Hall–Kier alpha value is -0.670. The van der Waals surface area contributed by atoms with Gasteiger partial charge in [-0.3, -0.25) is 4.57 Å². The van der Waals surface area contributed by atoms with Crippen LogP contribution in [0, 0.1) is 0 Å². The highest BCUT2D eigenvalue weighted by molar-refractivity contribution is 8.13. The third-order valence-corrected chi connectivity index (χ3v) is 6.32. The first-order valence-corrected chi connectivity index (χ1v) is 10.0. The second kappa shape index (κ2) is 4.16. The van der Waals surface area contributed by atoms with Crippen molar-refractivity contribution < 1.29 is 16.8 Å². The smallest absolute Gasteiger partial charge is 0.296 e. The Kier molecular flexibility index (Phi) is 2.92. The van der Waals surface area contributed by atoms with Crippen LogP contribution in [0.1, 0.15) is 37.0 Å². The van der Waals surface area contributed by atoms with Crippen molar-refractivity contribution in [1.82, 2.24) is 14.8 Å². The molecule has 3 rings (SSSR count). The fraction of sp³-hybridized carbons (Fsp3) is 0.778. The predicted molar refractivity (Wildman–Crippen MR) is 67.3 cm³/mol. The van der Waals surface area contributed by atoms with Crippen LogP contribution in [-0.4, -0.2) is 43.1 Å². The van der Waals surface area contributed by atoms with Gasteiger partial charge in [-0.25, -0.2) is 16.8 Å². The summed E-state index contributed by atoms with van der Waals surface area (Å²) in [5, 5.41) is 7.25. The Morgan fingerprint density at radius 2 is 1.89 bits per heavy atom. The van der Waals surface area contributed by atoms with E-state index in [1.54, 1.807) is 0 Å². The van der Waals surface area contributed by atoms with E-state index in [4.69, 9.17) is 10.7 Å². The molecule has 0 bridgehead atoms. The Labute approximate surface area is 115 Å². The number of halogens is 1. The maximum absolute atomic E-state index is 11.5. The average Bonchev–Trinajstić information content (AvgIpc) is 2.90. The van der Waals surface area contributed by atoms with E-state index in [0.29, 0.717) is 12.2 Å². The molecule has 1 saturated carbocycles. The zero-order valence-corrected chi connectivity index (χ0v) is 12.2. The van der Waals surface area contributed by atoms with Crippen molar-refractivity contribution in [3.8, 4) is 0 Å². The molecule has 1 aromatic rings. The van der Waals surface area contributed by atoms with Crippen molar-refractivity contribution in [2.45, 2.75) is 36.4 Å². The van der Waals surface area contributed by atoms with E-state index in [1.807, 2.05) is 0 Å². The van der Waals surface area contributed by atoms with Crippen LogP contribution in [0.15, 0.2) is 5.16 Å². The summed E-state index contributed by atoms with van der Waals surface area (Å²) in [5.74, 6) is 0.256. The van der Waals surface area contributed by atoms with Gasteiger partial charge >= 0.3 is 0 Å². The van der Waals surface area contributed by atoms with Crippen LogP contribution >= 0.6 is 10.7 Å². The second-order valence-corrected chi connectivity index (χ2v) is 9.67. The highest BCUT2D eigenvalue weighted by Gasteiger charge is 2.39. The van der Waals surface area contributed by atoms with E-state index in [9.17, 15) is 16.8 Å². The molecular formula is C9H12ClN3O4S2. The minimum Gasteiger partial charge on any atom is -0.297 e. The molecule has 2 fully saturated rings. The lowest BCUT2D eigenvalue weighted by Gasteiger charge is -2.10. The summed E-state index contributed by atoms with van der Waals surface area (Å²) in [6, 6.07) is 0.0248. The topological polar surface area (TPSA) is 99.0 Å². The van der Waals surface area contributed by atoms with E-state index >= 15 is 0 Å². The summed E-state index contributed by atoms with van der Waals surface area (Å²) in [6.07, 6.45) is 2.13. The molecule has 1 aliphatic carbocycles. The molecule has 0 aromatic carbocycles. The van der Waals surface area contributed by atoms with Gasteiger partial charge in [0.1, 0.15) is 5.82 Å². The Morgan fingerprint density at radius 1 is 1.21 bits per heavy atom. The van der Waals surface area contributed by atoms with Crippen LogP contribution in [-0.2, 0) is 18.9 Å². The molecule has 0 radical (unpaired) electrons. The minimum absolute atomic E-state index is 0.000185. The van der Waals surface area contributed by atoms with Crippen LogP contribution in [0.4, 0.5) is 0 Å². The lowest BCUT2D eigenvalue weighted by atomic mass is 10.1. The van der Waals surface area contributed by atoms with Crippen molar-refractivity contribution >= 4 is 29.6 Å². The summed E-state index contributed by atoms with van der Waals surface area (Å²) < 4.78 is 47.5. The monoisotopic (exact) mass is 325 g/mol. The minimum atomic E-state index is -3.96. The Bertz CT molecular complexity index is 721. The molecule has 1 saturated heterocycles. The van der Waals surface area contributed by atoms with Gasteiger partial charge in [-0.15, -0.1) is 10.2 Å². The van der Waals surface area contributed by atoms with Crippen molar-refractivity contribution in [2.75, 3.05) is 11.5 Å². The quantitative estimate of drug-likeness (QED) is 0.748. The second-order valence-electron chi connectivity index (χ2n) is 4.98. The largest absolute Gasteiger partial charge is 0.297 e. The number of hydrogen-bond donors (Lipinski definition) is 0. The number of nitrogens with zero attached hydrogens (tertiary/aromatic N) is 3. The van der Waals surface area contributed by atoms with Crippen molar-refractivity contribution in [3.05, 3.63) is 5.82 Å². The zero-order chi connectivity index (χ0) is 13.8. The van der Waals surface area contributed by atoms with Gasteiger partial charge in [0.2, 0.25) is 0 Å². The number of hydrogen-bond acceptors (Lipinski definition) is 6. The molecule has 10 heteroatoms. The summed E-state index contributed by atoms with van der Waals surface area (Å²) in [7, 11) is -1.68. The van der Waals surface area contributed by atoms with Gasteiger partial charge in [-0.05, 0) is 19.3 Å². The third kappa shape index (κ3) is 2.50. The van der Waals surface area contributed by atoms with Gasteiger partial charge in [0.15, 0.2) is 9.84 Å². The zero-order valence-electron chi connectivity index (χ0n) is 9.86. The first-order chi connectivity index (χ1) is 8.78. The van der Waals surface area contributed by atoms with E-state index < -0.39 is 18.9 Å². The number of aromatic nitrogens is 3. The standard InChI is InChI=1S/C9H12ClN3O4S2/c10-19(16,17)9-12-11-8(13(9)7-1-2-7)6-3-4-18(14,15)5-6/h6-7H,1-5H2. The molecule has 1 atom stereocenters. The summed E-state index contributed by atoms with van der Waals surface area (Å²) in [4.78, 5) is 0. The first-order valence-electron chi connectivity index (χ1n) is 5.88. The maximum Gasteiger partial charge on any atom is 0.296 e. The van der Waals surface area contributed by atoms with Gasteiger partial charge in [-0.2, -0.15) is 0 Å². The van der Waals surface area contributed by atoms with E-state index in [-0.39, 0.29) is 28.6 Å². The Balaban J connectivity index is 2.06. The van der Waals surface area contributed by atoms with E-state index in [1.165, 1.54) is 4.57 Å². The highest BCUT2D eigenvalue weighted by atomic mass is 35.7. The van der Waals surface area contributed by atoms with Crippen LogP contribution < -0.4 is 0 Å². The van der Waals surface area contributed by atoms with Crippen molar-refractivity contribution in [1.29, 1.82) is 0 Å². The first kappa shape index (κ1) is 13.3. The van der Waals surface area contributed by atoms with Crippen LogP contribution in [0.5, 0.6) is 0 Å². The van der Waals surface area contributed by atoms with Gasteiger partial charge in [0, 0.05) is 22.6 Å². The van der Waals surface area contributed by atoms with Gasteiger partial charge in [0.25, 0.3) is 14.2 Å². The van der Waals surface area contributed by atoms with Crippen LogP contribution in [0.2, 0.25) is 0 Å². The molecule has 1 aromatic heterocycles. The molecule has 2 aliphatic rings. The Morgan fingerprint density at radius 3 is 2.37 bits per heavy atom. The van der Waals surface area contributed by atoms with E-state index in [0.717, 1.165) is 12.8 Å². The molecule has 1 unspecified atom stereocenters. The molecule has 0 amide bonds. The van der Waals surface area contributed by atoms with Gasteiger partial charge in [-0.1, -0.05) is 0 Å². The SMILES string of the molecule is O=S1(=O)CCC(c2nnc(S(=O)(=O)Cl)n2C2CC2)C1. The average molecular weight is 326 g/mol. The molecule has 106 valence electrons. The highest BCUT2D eigenvalue weighted by Crippen LogP contribution is 2.41. The molecule has 2 heterocycles. The normalized spacial score (nSPS) is 26.7. The van der Waals surface area contributed by atoms with Gasteiger partial charge < -0.3 is 0 Å². The lowest BCUT2D eigenvalue weighted by Crippen LogP contribution is -2.13. The lowest BCUT2D eigenvalue weighted by molar-refractivity contribution is 0.554. The number of rotatable bonds is 3. The van der Waals surface area contributed by atoms with Crippen LogP contribution in [0.3, 0.4) is 0 Å². The molecule has 0 spiro atoms.